The van der Waals surface area contributed by atoms with Crippen LogP contribution in [0.3, 0.4) is 0 Å². The molecule has 2 unspecified atom stereocenters. The molecule has 10 heteroatoms. The van der Waals surface area contributed by atoms with E-state index in [1.165, 1.54) is 24.3 Å². The van der Waals surface area contributed by atoms with E-state index in [0.717, 1.165) is 11.1 Å². The molecule has 0 heterocycles. The summed E-state index contributed by atoms with van der Waals surface area (Å²) >= 11 is 0. The Hall–Kier alpha value is -2.95. The van der Waals surface area contributed by atoms with Crippen LogP contribution in [-0.2, 0) is 25.3 Å². The van der Waals surface area contributed by atoms with Crippen molar-refractivity contribution in [3.8, 4) is 5.75 Å². The van der Waals surface area contributed by atoms with E-state index in [4.69, 9.17) is 9.29 Å². The molecule has 0 radical (unpaired) electrons. The van der Waals surface area contributed by atoms with Crippen LogP contribution in [0.4, 0.5) is 0 Å². The van der Waals surface area contributed by atoms with Crippen LogP contribution in [0.5, 0.6) is 5.75 Å². The molecule has 0 fully saturated rings. The van der Waals surface area contributed by atoms with Crippen molar-refractivity contribution in [2.24, 2.45) is 0 Å². The number of ether oxygens (including phenoxy) is 1. The largest absolute Gasteiger partial charge is 0.479 e. The SMILES string of the molecule is CS(=O)(=O)O.Cc1ccc(OC(C(=O)O)(c2ccc(C)cc2)C(O)C(=O)O)cc1. The second kappa shape index (κ2) is 9.50. The lowest BCUT2D eigenvalue weighted by atomic mass is 9.87. The Bertz CT molecular complexity index is 942. The zero-order valence-electron chi connectivity index (χ0n) is 15.9. The maximum atomic E-state index is 12.0. The van der Waals surface area contributed by atoms with Crippen molar-refractivity contribution in [2.45, 2.75) is 25.6 Å². The molecule has 4 N–H and O–H groups in total. The highest BCUT2D eigenvalue weighted by atomic mass is 32.2. The average Bonchev–Trinajstić information content (AvgIpc) is 2.60. The number of carbonyl (C=O) groups is 2. The number of aliphatic hydroxyl groups is 1. The molecule has 0 amide bonds. The summed E-state index contributed by atoms with van der Waals surface area (Å²) in [6.45, 7) is 3.65. The van der Waals surface area contributed by atoms with E-state index in [-0.39, 0.29) is 11.3 Å². The van der Waals surface area contributed by atoms with E-state index in [9.17, 15) is 33.3 Å². The van der Waals surface area contributed by atoms with E-state index < -0.39 is 33.8 Å². The Kier molecular flexibility index (Phi) is 7.89. The number of aliphatic hydroxyl groups excluding tert-OH is 1. The minimum Gasteiger partial charge on any atom is -0.479 e. The van der Waals surface area contributed by atoms with Gasteiger partial charge < -0.3 is 20.1 Å². The predicted octanol–water partition coefficient (Wildman–Crippen LogP) is 1.61. The second-order valence-electron chi connectivity index (χ2n) is 6.30. The normalized spacial score (nSPS) is 14.0. The van der Waals surface area contributed by atoms with Gasteiger partial charge in [-0.1, -0.05) is 47.5 Å². The summed E-state index contributed by atoms with van der Waals surface area (Å²) in [5, 5.41) is 29.1. The van der Waals surface area contributed by atoms with Crippen molar-refractivity contribution in [3.05, 3.63) is 65.2 Å². The fourth-order valence-corrected chi connectivity index (χ4v) is 2.32. The molecule has 0 bridgehead atoms. The highest BCUT2D eigenvalue weighted by molar-refractivity contribution is 7.85. The predicted molar refractivity (Wildman–Crippen MR) is 103 cm³/mol. The fraction of sp³-hybridized carbons (Fsp3) is 0.263. The third kappa shape index (κ3) is 6.86. The zero-order chi connectivity index (χ0) is 22.4. The molecule has 0 saturated heterocycles. The summed E-state index contributed by atoms with van der Waals surface area (Å²) in [7, 11) is -3.67. The van der Waals surface area contributed by atoms with E-state index in [1.54, 1.807) is 31.2 Å². The number of hydrogen-bond donors (Lipinski definition) is 4. The van der Waals surface area contributed by atoms with Crippen LogP contribution in [0, 0.1) is 13.8 Å². The van der Waals surface area contributed by atoms with E-state index >= 15 is 0 Å². The van der Waals surface area contributed by atoms with Gasteiger partial charge in [0.1, 0.15) is 5.75 Å². The van der Waals surface area contributed by atoms with Crippen LogP contribution < -0.4 is 4.74 Å². The van der Waals surface area contributed by atoms with Crippen molar-refractivity contribution in [2.75, 3.05) is 6.26 Å². The summed E-state index contributed by atoms with van der Waals surface area (Å²) in [6, 6.07) is 12.6. The highest BCUT2D eigenvalue weighted by Gasteiger charge is 2.53. The van der Waals surface area contributed by atoms with Gasteiger partial charge in [-0.3, -0.25) is 4.55 Å². The zero-order valence-corrected chi connectivity index (χ0v) is 16.8. The lowest BCUT2D eigenvalue weighted by molar-refractivity contribution is -0.180. The molecule has 2 rings (SSSR count). The molecule has 158 valence electrons. The highest BCUT2D eigenvalue weighted by Crippen LogP contribution is 2.33. The summed E-state index contributed by atoms with van der Waals surface area (Å²) in [6.07, 6.45) is -1.58. The smallest absolute Gasteiger partial charge is 0.356 e. The van der Waals surface area contributed by atoms with E-state index in [0.29, 0.717) is 6.26 Å². The average molecular weight is 426 g/mol. The molecule has 0 spiro atoms. The first kappa shape index (κ1) is 24.1. The maximum Gasteiger partial charge on any atom is 0.356 e. The van der Waals surface area contributed by atoms with Gasteiger partial charge in [-0.15, -0.1) is 0 Å². The Labute approximate surface area is 167 Å². The van der Waals surface area contributed by atoms with Gasteiger partial charge in [-0.25, -0.2) is 9.59 Å². The topological polar surface area (TPSA) is 158 Å². The first-order valence-electron chi connectivity index (χ1n) is 8.17. The van der Waals surface area contributed by atoms with Crippen molar-refractivity contribution >= 4 is 22.1 Å². The van der Waals surface area contributed by atoms with Gasteiger partial charge in [-0.2, -0.15) is 8.42 Å². The van der Waals surface area contributed by atoms with Crippen LogP contribution in [0.2, 0.25) is 0 Å². The number of benzene rings is 2. The lowest BCUT2D eigenvalue weighted by Gasteiger charge is -2.33. The fourth-order valence-electron chi connectivity index (χ4n) is 2.32. The molecule has 0 aliphatic rings. The third-order valence-electron chi connectivity index (χ3n) is 3.72. The number of aliphatic carboxylic acids is 2. The van der Waals surface area contributed by atoms with Crippen LogP contribution in [0.25, 0.3) is 0 Å². The summed E-state index contributed by atoms with van der Waals surface area (Å²) in [5.41, 5.74) is -0.638. The van der Waals surface area contributed by atoms with Gasteiger partial charge in [0.15, 0.2) is 0 Å². The van der Waals surface area contributed by atoms with Crippen molar-refractivity contribution in [1.29, 1.82) is 0 Å². The minimum atomic E-state index is -3.67. The molecule has 0 aliphatic heterocycles. The summed E-state index contributed by atoms with van der Waals surface area (Å²) < 4.78 is 31.4. The van der Waals surface area contributed by atoms with Gasteiger partial charge in [0.05, 0.1) is 6.26 Å². The summed E-state index contributed by atoms with van der Waals surface area (Å²) in [4.78, 5) is 23.3. The Morgan fingerprint density at radius 1 is 0.931 bits per heavy atom. The molecule has 2 aromatic carbocycles. The molecule has 0 aliphatic carbocycles. The van der Waals surface area contributed by atoms with Gasteiger partial charge in [0.2, 0.25) is 6.10 Å². The van der Waals surface area contributed by atoms with Gasteiger partial charge in [0, 0.05) is 5.56 Å². The second-order valence-corrected chi connectivity index (χ2v) is 7.76. The van der Waals surface area contributed by atoms with Crippen LogP contribution >= 0.6 is 0 Å². The number of aryl methyl sites for hydroxylation is 2. The molecule has 0 saturated carbocycles. The monoisotopic (exact) mass is 426 g/mol. The van der Waals surface area contributed by atoms with E-state index in [1.807, 2.05) is 6.92 Å². The Balaban J connectivity index is 0.000000749. The number of carboxylic acids is 2. The molecular formula is C19H22O9S. The standard InChI is InChI=1S/C18H18O6.CH4O3S/c1-11-3-7-13(8-4-11)18(17(22)23,15(19)16(20)21)24-14-9-5-12(2)6-10-14;1-5(2,3)4/h3-10,15,19H,1-2H3,(H,20,21)(H,22,23);1H3,(H,2,3,4). The van der Waals surface area contributed by atoms with Gasteiger partial charge >= 0.3 is 11.9 Å². The van der Waals surface area contributed by atoms with Crippen molar-refractivity contribution in [3.63, 3.8) is 0 Å². The number of carboxylic acid groups (broad SMARTS) is 2. The first-order chi connectivity index (χ1) is 13.3. The quantitative estimate of drug-likeness (QED) is 0.503. The molecule has 2 atom stereocenters. The first-order valence-corrected chi connectivity index (χ1v) is 10.0. The van der Waals surface area contributed by atoms with Crippen LogP contribution in [0.15, 0.2) is 48.5 Å². The number of rotatable bonds is 6. The van der Waals surface area contributed by atoms with Gasteiger partial charge in [-0.05, 0) is 26.0 Å². The molecule has 9 nitrogen and oxygen atoms in total. The van der Waals surface area contributed by atoms with E-state index in [2.05, 4.69) is 0 Å². The Morgan fingerprint density at radius 3 is 1.66 bits per heavy atom. The lowest BCUT2D eigenvalue weighted by Crippen LogP contribution is -2.54. The third-order valence-corrected chi connectivity index (χ3v) is 3.72. The van der Waals surface area contributed by atoms with Crippen LogP contribution in [-0.4, -0.2) is 52.6 Å². The maximum absolute atomic E-state index is 12.0. The number of hydrogen-bond acceptors (Lipinski definition) is 6. The minimum absolute atomic E-state index is 0.0380. The van der Waals surface area contributed by atoms with Crippen molar-refractivity contribution < 1.29 is 42.6 Å². The summed E-state index contributed by atoms with van der Waals surface area (Å²) in [5.74, 6) is -3.14. The molecule has 2 aromatic rings. The van der Waals surface area contributed by atoms with Crippen LogP contribution in [0.1, 0.15) is 16.7 Å². The molecule has 0 aromatic heterocycles. The van der Waals surface area contributed by atoms with Crippen molar-refractivity contribution in [1.82, 2.24) is 0 Å². The molecule has 29 heavy (non-hydrogen) atoms. The Morgan fingerprint density at radius 2 is 1.31 bits per heavy atom. The molecular weight excluding hydrogens is 404 g/mol. The van der Waals surface area contributed by atoms with Gasteiger partial charge in [0.25, 0.3) is 15.7 Å².